The molecule has 3 aromatic rings. The van der Waals surface area contributed by atoms with E-state index in [1.165, 1.54) is 12.1 Å². The topological polar surface area (TPSA) is 114 Å². The lowest BCUT2D eigenvalue weighted by atomic mass is 10.1. The first kappa shape index (κ1) is 18.0. The quantitative estimate of drug-likeness (QED) is 0.614. The second-order valence-electron chi connectivity index (χ2n) is 5.77. The Morgan fingerprint density at radius 3 is 2.58 bits per heavy atom. The van der Waals surface area contributed by atoms with Gasteiger partial charge >= 0.3 is 5.97 Å². The molecule has 0 saturated carbocycles. The zero-order chi connectivity index (χ0) is 18.6. The molecule has 8 nitrogen and oxygen atoms in total. The minimum Gasteiger partial charge on any atom is -0.478 e. The monoisotopic (exact) mass is 374 g/mol. The van der Waals surface area contributed by atoms with Gasteiger partial charge in [-0.2, -0.15) is 0 Å². The number of para-hydroxylation sites is 1. The van der Waals surface area contributed by atoms with Gasteiger partial charge in [0.2, 0.25) is 10.0 Å². The molecule has 0 bridgehead atoms. The van der Waals surface area contributed by atoms with E-state index in [-0.39, 0.29) is 24.4 Å². The molecule has 9 heteroatoms. The van der Waals surface area contributed by atoms with E-state index < -0.39 is 16.0 Å². The third-order valence-corrected chi connectivity index (χ3v) is 5.29. The minimum atomic E-state index is -3.45. The lowest BCUT2D eigenvalue weighted by Gasteiger charge is -2.07. The highest BCUT2D eigenvalue weighted by Crippen LogP contribution is 2.09. The van der Waals surface area contributed by atoms with Crippen LogP contribution in [0.2, 0.25) is 0 Å². The van der Waals surface area contributed by atoms with Crippen molar-refractivity contribution in [3.05, 3.63) is 59.7 Å². The predicted octanol–water partition coefficient (Wildman–Crippen LogP) is 1.29. The van der Waals surface area contributed by atoms with Crippen molar-refractivity contribution < 1.29 is 18.3 Å². The number of carboxylic acid groups (broad SMARTS) is 1. The highest BCUT2D eigenvalue weighted by atomic mass is 32.2. The Kier molecular flexibility index (Phi) is 5.29. The number of aryl methyl sites for hydroxylation is 1. The molecule has 1 aromatic heterocycles. The highest BCUT2D eigenvalue weighted by Gasteiger charge is 2.12. The summed E-state index contributed by atoms with van der Waals surface area (Å²) < 4.78 is 28.4. The smallest absolute Gasteiger partial charge is 0.335 e. The van der Waals surface area contributed by atoms with Crippen LogP contribution in [0.25, 0.3) is 11.0 Å². The molecule has 2 N–H and O–H groups in total. The van der Waals surface area contributed by atoms with Gasteiger partial charge in [-0.15, -0.1) is 5.10 Å². The zero-order valence-corrected chi connectivity index (χ0v) is 14.7. The normalized spacial score (nSPS) is 11.7. The van der Waals surface area contributed by atoms with Crippen molar-refractivity contribution >= 4 is 27.0 Å². The Labute approximate surface area is 150 Å². The Morgan fingerprint density at radius 2 is 1.85 bits per heavy atom. The number of nitrogens with zero attached hydrogens (tertiary/aromatic N) is 3. The van der Waals surface area contributed by atoms with Crippen LogP contribution in [0.3, 0.4) is 0 Å². The fourth-order valence-corrected chi connectivity index (χ4v) is 3.50. The summed E-state index contributed by atoms with van der Waals surface area (Å²) >= 11 is 0. The number of aromatic carboxylic acids is 1. The summed E-state index contributed by atoms with van der Waals surface area (Å²) in [5.41, 5.74) is 2.58. The lowest BCUT2D eigenvalue weighted by molar-refractivity contribution is 0.0697. The maximum atomic E-state index is 12.1. The predicted molar refractivity (Wildman–Crippen MR) is 96.4 cm³/mol. The van der Waals surface area contributed by atoms with Gasteiger partial charge in [-0.25, -0.2) is 22.6 Å². The van der Waals surface area contributed by atoms with Crippen LogP contribution in [0.1, 0.15) is 15.9 Å². The molecule has 0 fully saturated rings. The first-order valence-electron chi connectivity index (χ1n) is 8.02. The van der Waals surface area contributed by atoms with E-state index in [9.17, 15) is 13.2 Å². The molecule has 0 amide bonds. The molecule has 2 aromatic carbocycles. The van der Waals surface area contributed by atoms with Crippen LogP contribution in [0.4, 0.5) is 0 Å². The number of carboxylic acids is 1. The van der Waals surface area contributed by atoms with Crippen LogP contribution in [-0.2, 0) is 23.0 Å². The molecule has 3 rings (SSSR count). The van der Waals surface area contributed by atoms with Gasteiger partial charge in [-0.1, -0.05) is 29.5 Å². The standard InChI is InChI=1S/C17H18N4O4S/c22-17(23)14-7-5-13(6-8-14)9-10-18-26(24,25)12-11-21-16-4-2-1-3-15(16)19-20-21/h1-8,18H,9-12H2,(H,22,23). The number of sulfonamides is 1. The van der Waals surface area contributed by atoms with Gasteiger partial charge in [0.15, 0.2) is 0 Å². The molecule has 0 aliphatic heterocycles. The largest absolute Gasteiger partial charge is 0.478 e. The van der Waals surface area contributed by atoms with Crippen molar-refractivity contribution in [3.63, 3.8) is 0 Å². The maximum Gasteiger partial charge on any atom is 0.335 e. The summed E-state index contributed by atoms with van der Waals surface area (Å²) in [5.74, 6) is -1.09. The van der Waals surface area contributed by atoms with Crippen molar-refractivity contribution in [2.24, 2.45) is 0 Å². The maximum absolute atomic E-state index is 12.1. The average molecular weight is 374 g/mol. The van der Waals surface area contributed by atoms with Crippen molar-refractivity contribution in [1.82, 2.24) is 19.7 Å². The molecule has 0 saturated heterocycles. The summed E-state index contributed by atoms with van der Waals surface area (Å²) in [6, 6.07) is 13.7. The molecule has 26 heavy (non-hydrogen) atoms. The van der Waals surface area contributed by atoms with Crippen LogP contribution >= 0.6 is 0 Å². The molecule has 0 unspecified atom stereocenters. The number of hydrogen-bond acceptors (Lipinski definition) is 5. The Morgan fingerprint density at radius 1 is 1.12 bits per heavy atom. The summed E-state index contributed by atoms with van der Waals surface area (Å²) in [7, 11) is -3.45. The molecular formula is C17H18N4O4S. The van der Waals surface area contributed by atoms with Crippen LogP contribution in [0, 0.1) is 0 Å². The molecule has 1 heterocycles. The van der Waals surface area contributed by atoms with Gasteiger partial charge in [-0.3, -0.25) is 0 Å². The van der Waals surface area contributed by atoms with Crippen molar-refractivity contribution in [1.29, 1.82) is 0 Å². The van der Waals surface area contributed by atoms with Gasteiger partial charge in [-0.05, 0) is 36.2 Å². The van der Waals surface area contributed by atoms with Crippen molar-refractivity contribution in [2.75, 3.05) is 12.3 Å². The van der Waals surface area contributed by atoms with Gasteiger partial charge in [0.1, 0.15) is 5.52 Å². The molecule has 0 aliphatic rings. The van der Waals surface area contributed by atoms with E-state index >= 15 is 0 Å². The molecule has 136 valence electrons. The second kappa shape index (κ2) is 7.63. The second-order valence-corrected chi connectivity index (χ2v) is 7.69. The number of carbonyl (C=O) groups is 1. The zero-order valence-electron chi connectivity index (χ0n) is 13.9. The number of benzene rings is 2. The number of aromatic nitrogens is 3. The Hall–Kier alpha value is -2.78. The third-order valence-electron chi connectivity index (χ3n) is 3.93. The number of nitrogens with one attached hydrogen (secondary N) is 1. The van der Waals surface area contributed by atoms with E-state index in [1.807, 2.05) is 24.3 Å². The first-order chi connectivity index (χ1) is 12.4. The van der Waals surface area contributed by atoms with Crippen LogP contribution in [0.15, 0.2) is 48.5 Å². The summed E-state index contributed by atoms with van der Waals surface area (Å²) in [5, 5.41) is 16.8. The van der Waals surface area contributed by atoms with Crippen molar-refractivity contribution in [2.45, 2.75) is 13.0 Å². The van der Waals surface area contributed by atoms with E-state index in [0.29, 0.717) is 6.42 Å². The SMILES string of the molecule is O=C(O)c1ccc(CCNS(=O)(=O)CCn2nnc3ccccc32)cc1. The third kappa shape index (κ3) is 4.44. The van der Waals surface area contributed by atoms with Gasteiger partial charge < -0.3 is 5.11 Å². The van der Waals surface area contributed by atoms with E-state index in [1.54, 1.807) is 16.8 Å². The molecule has 0 atom stereocenters. The van der Waals surface area contributed by atoms with Gasteiger partial charge in [0.05, 0.1) is 23.4 Å². The Balaban J connectivity index is 1.51. The summed E-state index contributed by atoms with van der Waals surface area (Å²) in [4.78, 5) is 10.8. The van der Waals surface area contributed by atoms with Crippen LogP contribution in [0.5, 0.6) is 0 Å². The van der Waals surface area contributed by atoms with Gasteiger partial charge in [0.25, 0.3) is 0 Å². The average Bonchev–Trinajstić information content (AvgIpc) is 3.04. The van der Waals surface area contributed by atoms with E-state index in [4.69, 9.17) is 5.11 Å². The number of fused-ring (bicyclic) bond motifs is 1. The number of hydrogen-bond donors (Lipinski definition) is 2. The van der Waals surface area contributed by atoms with Gasteiger partial charge in [0, 0.05) is 6.54 Å². The number of rotatable bonds is 8. The lowest BCUT2D eigenvalue weighted by Crippen LogP contribution is -2.30. The first-order valence-corrected chi connectivity index (χ1v) is 9.68. The highest BCUT2D eigenvalue weighted by molar-refractivity contribution is 7.89. The van der Waals surface area contributed by atoms with Crippen molar-refractivity contribution in [3.8, 4) is 0 Å². The minimum absolute atomic E-state index is 0.0989. The molecule has 0 radical (unpaired) electrons. The molecule has 0 aliphatic carbocycles. The van der Waals surface area contributed by atoms with E-state index in [2.05, 4.69) is 15.0 Å². The Bertz CT molecular complexity index is 1010. The fraction of sp³-hybridized carbons (Fsp3) is 0.235. The molecule has 0 spiro atoms. The van der Waals surface area contributed by atoms with Crippen LogP contribution < -0.4 is 4.72 Å². The summed E-state index contributed by atoms with van der Waals surface area (Å²) in [6.07, 6.45) is 0.478. The van der Waals surface area contributed by atoms with Crippen LogP contribution in [-0.4, -0.2) is 46.8 Å². The summed E-state index contributed by atoms with van der Waals surface area (Å²) in [6.45, 7) is 0.454. The fourth-order valence-electron chi connectivity index (χ4n) is 2.53. The van der Waals surface area contributed by atoms with E-state index in [0.717, 1.165) is 16.6 Å². The molecular weight excluding hydrogens is 356 g/mol.